The minimum absolute atomic E-state index is 0.0850. The Morgan fingerprint density at radius 1 is 1.39 bits per heavy atom. The van der Waals surface area contributed by atoms with E-state index in [9.17, 15) is 3.07 Å². The van der Waals surface area contributed by atoms with Gasteiger partial charge in [0.1, 0.15) is 0 Å². The molecule has 2 rings (SSSR count). The first-order valence-corrected chi connectivity index (χ1v) is 9.87. The molecule has 1 heterocycles. The predicted octanol–water partition coefficient (Wildman–Crippen LogP) is 3.97. The van der Waals surface area contributed by atoms with E-state index in [1.54, 1.807) is 11.3 Å². The van der Waals surface area contributed by atoms with Crippen molar-refractivity contribution in [2.45, 2.75) is 19.9 Å². The van der Waals surface area contributed by atoms with E-state index in [0.717, 1.165) is 11.3 Å². The van der Waals surface area contributed by atoms with Crippen molar-refractivity contribution < 1.29 is 3.07 Å². The van der Waals surface area contributed by atoms with Gasteiger partial charge in [0, 0.05) is 6.04 Å². The number of hydrogen-bond donors (Lipinski definition) is 1. The molecule has 0 aliphatic heterocycles. The van der Waals surface area contributed by atoms with E-state index in [2.05, 4.69) is 37.3 Å². The normalized spacial score (nSPS) is 12.8. The number of aromatic nitrogens is 1. The average molecular weight is 374 g/mol. The van der Waals surface area contributed by atoms with Crippen molar-refractivity contribution in [3.8, 4) is 10.4 Å². The second kappa shape index (κ2) is 5.90. The summed E-state index contributed by atoms with van der Waals surface area (Å²) in [6, 6.07) is 8.38. The Bertz CT molecular complexity index is 594. The lowest BCUT2D eigenvalue weighted by Gasteiger charge is -2.10. The Balaban J connectivity index is 2.23. The molecular weight excluding hydrogens is 359 g/mol. The van der Waals surface area contributed by atoms with Crippen LogP contribution in [0, 0.1) is 6.92 Å². The summed E-state index contributed by atoms with van der Waals surface area (Å²) in [7, 11) is 0. The summed E-state index contributed by atoms with van der Waals surface area (Å²) in [5.41, 5.74) is 5.23. The zero-order valence-corrected chi connectivity index (χ0v) is 13.3. The smallest absolute Gasteiger partial charge is 0.151 e. The van der Waals surface area contributed by atoms with Crippen molar-refractivity contribution in [1.29, 1.82) is 0 Å². The summed E-state index contributed by atoms with van der Waals surface area (Å²) >= 11 is -0.735. The molecule has 5 heteroatoms. The van der Waals surface area contributed by atoms with Crippen LogP contribution in [-0.4, -0.2) is 9.50 Å². The van der Waals surface area contributed by atoms with Crippen LogP contribution in [-0.2, 0) is 3.07 Å². The summed E-state index contributed by atoms with van der Waals surface area (Å²) in [5.74, 6) is 0. The van der Waals surface area contributed by atoms with Crippen LogP contribution in [0.15, 0.2) is 29.8 Å². The second-order valence-electron chi connectivity index (χ2n) is 4.04. The van der Waals surface area contributed by atoms with Crippen molar-refractivity contribution in [2.75, 3.05) is 0 Å². The van der Waals surface area contributed by atoms with Crippen LogP contribution in [0.25, 0.3) is 10.4 Å². The number of nitrogens with zero attached hydrogens (tertiary/aromatic N) is 1. The van der Waals surface area contributed by atoms with E-state index in [0.29, 0.717) is 0 Å². The summed E-state index contributed by atoms with van der Waals surface area (Å²) in [5, 5.41) is 0. The third-order valence-electron chi connectivity index (χ3n) is 2.70. The molecule has 0 fully saturated rings. The van der Waals surface area contributed by atoms with Gasteiger partial charge < -0.3 is 0 Å². The van der Waals surface area contributed by atoms with Gasteiger partial charge in [-0.1, -0.05) is 24.3 Å². The molecule has 1 aromatic carbocycles. The molecule has 3 nitrogen and oxygen atoms in total. The molecule has 0 aliphatic carbocycles. The number of benzene rings is 1. The Hall–Kier alpha value is -0.790. The van der Waals surface area contributed by atoms with Crippen LogP contribution in [0.5, 0.6) is 0 Å². The predicted molar refractivity (Wildman–Crippen MR) is 85.7 cm³/mol. The van der Waals surface area contributed by atoms with Crippen LogP contribution in [0.4, 0.5) is 0 Å². The maximum absolute atomic E-state index is 11.1. The quantitative estimate of drug-likeness (QED) is 0.651. The minimum Gasteiger partial charge on any atom is -0.262 e. The molecule has 0 radical (unpaired) electrons. The van der Waals surface area contributed by atoms with Crippen LogP contribution >= 0.6 is 30.9 Å². The van der Waals surface area contributed by atoms with E-state index in [-0.39, 0.29) is 6.04 Å². The molecule has 0 saturated carbocycles. The van der Waals surface area contributed by atoms with Gasteiger partial charge in [-0.05, 0) is 29.5 Å². The number of thiazole rings is 1. The van der Waals surface area contributed by atoms with Gasteiger partial charge >= 0.3 is 0 Å². The molecule has 1 atom stereocenters. The third kappa shape index (κ3) is 3.15. The molecule has 0 saturated heterocycles. The van der Waals surface area contributed by atoms with Crippen molar-refractivity contribution in [3.05, 3.63) is 41.0 Å². The maximum atomic E-state index is 11.1. The SMILES string of the molecule is C=I(=O)N[C@@H](C)c1ccc(-c2scnc2C)cc1. The number of hydrogen-bond acceptors (Lipinski definition) is 3. The molecule has 96 valence electrons. The number of rotatable bonds is 4. The molecule has 0 spiro atoms. The van der Waals surface area contributed by atoms with Crippen LogP contribution in [0.1, 0.15) is 24.2 Å². The summed E-state index contributed by atoms with van der Waals surface area (Å²) < 4.78 is 17.7. The van der Waals surface area contributed by atoms with Gasteiger partial charge in [0.05, 0.1) is 16.1 Å². The highest BCUT2D eigenvalue weighted by Crippen LogP contribution is 2.28. The van der Waals surface area contributed by atoms with Gasteiger partial charge in [-0.15, -0.1) is 11.3 Å². The van der Waals surface area contributed by atoms with Crippen molar-refractivity contribution in [1.82, 2.24) is 8.51 Å². The third-order valence-corrected chi connectivity index (χ3v) is 5.31. The second-order valence-corrected chi connectivity index (χ2v) is 7.34. The lowest BCUT2D eigenvalue weighted by atomic mass is 10.1. The standard InChI is InChI=1S/C13H15IN2OS/c1-9(16-14(3)17)11-4-6-12(7-5-11)13-10(2)15-8-18-13/h4-9H,3H2,1-2H3,(H,16,17)/t9-/m0/s1. The van der Waals surface area contributed by atoms with E-state index in [1.807, 2.05) is 19.4 Å². The monoisotopic (exact) mass is 374 g/mol. The van der Waals surface area contributed by atoms with Gasteiger partial charge in [-0.3, -0.25) is 3.07 Å². The molecule has 0 unspecified atom stereocenters. The molecule has 1 N–H and O–H groups in total. The number of aryl methyl sites for hydroxylation is 1. The van der Waals surface area contributed by atoms with E-state index in [4.69, 9.17) is 0 Å². The van der Waals surface area contributed by atoms with Gasteiger partial charge in [-0.25, -0.2) is 8.51 Å². The molecule has 2 aromatic rings. The summed E-state index contributed by atoms with van der Waals surface area (Å²) in [4.78, 5) is 5.46. The lowest BCUT2D eigenvalue weighted by molar-refractivity contribution is 0.642. The lowest BCUT2D eigenvalue weighted by Crippen LogP contribution is -2.07. The molecular formula is C13H15IN2OS. The van der Waals surface area contributed by atoms with Gasteiger partial charge in [-0.2, -0.15) is 0 Å². The fourth-order valence-electron chi connectivity index (χ4n) is 1.75. The highest BCUT2D eigenvalue weighted by molar-refractivity contribution is 14.2. The summed E-state index contributed by atoms with van der Waals surface area (Å²) in [6.07, 6.45) is 0. The fraction of sp³-hybridized carbons (Fsp3) is 0.231. The maximum Gasteiger partial charge on any atom is 0.151 e. The Morgan fingerprint density at radius 3 is 2.56 bits per heavy atom. The van der Waals surface area contributed by atoms with Gasteiger partial charge in [0.25, 0.3) is 0 Å². The van der Waals surface area contributed by atoms with Crippen LogP contribution in [0.3, 0.4) is 0 Å². The van der Waals surface area contributed by atoms with Crippen molar-refractivity contribution >= 4 is 35.5 Å². The zero-order chi connectivity index (χ0) is 13.1. The van der Waals surface area contributed by atoms with E-state index in [1.165, 1.54) is 10.4 Å². The topological polar surface area (TPSA) is 42.0 Å². The average Bonchev–Trinajstić information content (AvgIpc) is 2.75. The van der Waals surface area contributed by atoms with Gasteiger partial charge in [0.15, 0.2) is 19.6 Å². The molecule has 1 aromatic heterocycles. The fourth-order valence-corrected chi connectivity index (χ4v) is 3.96. The Morgan fingerprint density at radius 2 is 2.06 bits per heavy atom. The summed E-state index contributed by atoms with van der Waals surface area (Å²) in [6.45, 7) is 4.02. The van der Waals surface area contributed by atoms with E-state index < -0.39 is 19.6 Å². The highest BCUT2D eigenvalue weighted by atomic mass is 127. The first-order chi connectivity index (χ1) is 8.58. The largest absolute Gasteiger partial charge is 0.262 e. The molecule has 0 amide bonds. The Labute approximate surface area is 118 Å². The first-order valence-electron chi connectivity index (χ1n) is 5.51. The highest BCUT2D eigenvalue weighted by Gasteiger charge is 2.07. The van der Waals surface area contributed by atoms with Gasteiger partial charge in [0.2, 0.25) is 0 Å². The zero-order valence-electron chi connectivity index (χ0n) is 10.3. The Kier molecular flexibility index (Phi) is 4.47. The number of nitrogens with one attached hydrogen (secondary N) is 1. The van der Waals surface area contributed by atoms with Crippen molar-refractivity contribution in [3.63, 3.8) is 0 Å². The molecule has 0 aliphatic rings. The van der Waals surface area contributed by atoms with E-state index >= 15 is 0 Å². The van der Waals surface area contributed by atoms with Crippen molar-refractivity contribution in [2.24, 2.45) is 0 Å². The van der Waals surface area contributed by atoms with Crippen LogP contribution < -0.4 is 3.53 Å². The molecule has 18 heavy (non-hydrogen) atoms. The number of halogens is 1. The molecule has 0 bridgehead atoms. The minimum atomic E-state index is -2.38. The van der Waals surface area contributed by atoms with Crippen LogP contribution in [0.2, 0.25) is 0 Å². The first kappa shape index (κ1) is 13.6.